The zero-order valence-electron chi connectivity index (χ0n) is 21.2. The zero-order valence-corrected chi connectivity index (χ0v) is 23.6. The predicted octanol–water partition coefficient (Wildman–Crippen LogP) is 6.27. The van der Waals surface area contributed by atoms with Crippen LogP contribution in [0.5, 0.6) is 5.75 Å². The van der Waals surface area contributed by atoms with Gasteiger partial charge in [0.25, 0.3) is 11.5 Å². The van der Waals surface area contributed by atoms with Gasteiger partial charge in [-0.2, -0.15) is 9.78 Å². The fourth-order valence-corrected chi connectivity index (χ4v) is 4.37. The van der Waals surface area contributed by atoms with E-state index in [0.717, 1.165) is 16.8 Å². The fraction of sp³-hybridized carbons (Fsp3) is 0.185. The first-order valence-corrected chi connectivity index (χ1v) is 13.2. The minimum Gasteiger partial charge on any atom is -0.476 e. The molecule has 1 atom stereocenters. The molecule has 10 nitrogen and oxygen atoms in total. The number of anilines is 1. The Morgan fingerprint density at radius 1 is 1.30 bits per heavy atom. The molecule has 0 fully saturated rings. The average molecular weight is 631 g/mol. The third kappa shape index (κ3) is 6.52. The average Bonchev–Trinajstić information content (AvgIpc) is 2.91. The highest BCUT2D eigenvalue weighted by atomic mass is 79.9. The van der Waals surface area contributed by atoms with Gasteiger partial charge in [0.05, 0.1) is 22.0 Å². The predicted molar refractivity (Wildman–Crippen MR) is 154 cm³/mol. The highest BCUT2D eigenvalue weighted by Crippen LogP contribution is 2.34. The number of amides is 1. The molecule has 0 saturated heterocycles. The van der Waals surface area contributed by atoms with Gasteiger partial charge in [0, 0.05) is 32.7 Å². The largest absolute Gasteiger partial charge is 0.476 e. The summed E-state index contributed by atoms with van der Waals surface area (Å²) in [6.45, 7) is 3.20. The van der Waals surface area contributed by atoms with Crippen molar-refractivity contribution in [1.82, 2.24) is 9.66 Å². The Morgan fingerprint density at radius 2 is 2.08 bits per heavy atom. The molecular weight excluding hydrogens is 609 g/mol. The molecule has 0 aliphatic rings. The van der Waals surface area contributed by atoms with E-state index in [1.54, 1.807) is 18.2 Å². The van der Waals surface area contributed by atoms with Crippen LogP contribution >= 0.6 is 27.5 Å². The van der Waals surface area contributed by atoms with Crippen LogP contribution in [0.15, 0.2) is 69.0 Å². The van der Waals surface area contributed by atoms with E-state index in [1.165, 1.54) is 30.5 Å². The maximum atomic E-state index is 13.4. The number of hydrogen-bond acceptors (Lipinski definition) is 7. The standard InChI is InChI=1S/C27H22BrClFN5O5/c1-3-15(2)26-33-22-8-7-17(28)10-21(22)27(37)34(26)31-13-16-9-18(29)11-23(35(38)39)25(16)40-14-24(36)32-20-6-4-5-19(30)12-20/h4-13,15H,3,14H2,1-2H3,(H,32,36)/t15-/m0/s1. The second-order valence-electron chi connectivity index (χ2n) is 8.75. The lowest BCUT2D eigenvalue weighted by Gasteiger charge is -2.14. The monoisotopic (exact) mass is 629 g/mol. The first-order valence-electron chi connectivity index (χ1n) is 12.0. The summed E-state index contributed by atoms with van der Waals surface area (Å²) in [6.07, 6.45) is 1.86. The first-order chi connectivity index (χ1) is 19.1. The van der Waals surface area contributed by atoms with Crippen molar-refractivity contribution in [3.05, 3.63) is 102 Å². The normalized spacial score (nSPS) is 12.0. The summed E-state index contributed by atoms with van der Waals surface area (Å²) in [5, 5.41) is 18.9. The van der Waals surface area contributed by atoms with E-state index in [0.29, 0.717) is 27.6 Å². The van der Waals surface area contributed by atoms with Crippen LogP contribution in [0.4, 0.5) is 15.8 Å². The Hall–Kier alpha value is -4.16. The number of hydrogen-bond donors (Lipinski definition) is 1. The van der Waals surface area contributed by atoms with Gasteiger partial charge in [-0.1, -0.05) is 47.4 Å². The van der Waals surface area contributed by atoms with Crippen molar-refractivity contribution in [1.29, 1.82) is 0 Å². The van der Waals surface area contributed by atoms with Gasteiger partial charge in [0.1, 0.15) is 11.6 Å². The molecule has 0 aliphatic carbocycles. The van der Waals surface area contributed by atoms with Crippen molar-refractivity contribution in [2.75, 3.05) is 11.9 Å². The summed E-state index contributed by atoms with van der Waals surface area (Å²) >= 11 is 9.50. The van der Waals surface area contributed by atoms with Gasteiger partial charge in [-0.05, 0) is 48.9 Å². The number of benzene rings is 3. The number of nitrogens with one attached hydrogen (secondary N) is 1. The topological polar surface area (TPSA) is 129 Å². The lowest BCUT2D eigenvalue weighted by Crippen LogP contribution is -2.24. The Morgan fingerprint density at radius 3 is 2.77 bits per heavy atom. The van der Waals surface area contributed by atoms with Crippen LogP contribution in [0.25, 0.3) is 10.9 Å². The van der Waals surface area contributed by atoms with E-state index in [4.69, 9.17) is 16.3 Å². The number of nitro groups is 1. The van der Waals surface area contributed by atoms with E-state index in [2.05, 4.69) is 31.3 Å². The smallest absolute Gasteiger partial charge is 0.313 e. The van der Waals surface area contributed by atoms with Crippen molar-refractivity contribution in [3.8, 4) is 5.75 Å². The molecule has 1 amide bonds. The van der Waals surface area contributed by atoms with Crippen LogP contribution < -0.4 is 15.6 Å². The maximum Gasteiger partial charge on any atom is 0.313 e. The summed E-state index contributed by atoms with van der Waals surface area (Å²) in [7, 11) is 0. The zero-order chi connectivity index (χ0) is 29.0. The summed E-state index contributed by atoms with van der Waals surface area (Å²) in [6, 6.07) is 12.8. The fourth-order valence-electron chi connectivity index (χ4n) is 3.79. The van der Waals surface area contributed by atoms with E-state index in [1.807, 2.05) is 13.8 Å². The van der Waals surface area contributed by atoms with Crippen LogP contribution in [-0.2, 0) is 4.79 Å². The number of halogens is 3. The van der Waals surface area contributed by atoms with Crippen molar-refractivity contribution in [3.63, 3.8) is 0 Å². The van der Waals surface area contributed by atoms with Crippen molar-refractivity contribution in [2.45, 2.75) is 26.2 Å². The number of fused-ring (bicyclic) bond motifs is 1. The molecule has 0 bridgehead atoms. The van der Waals surface area contributed by atoms with Crippen LogP contribution in [0, 0.1) is 15.9 Å². The van der Waals surface area contributed by atoms with Crippen LogP contribution in [0.1, 0.15) is 37.6 Å². The number of rotatable bonds is 9. The lowest BCUT2D eigenvalue weighted by atomic mass is 10.1. The molecule has 0 saturated carbocycles. The Bertz CT molecular complexity index is 1710. The van der Waals surface area contributed by atoms with Gasteiger partial charge in [-0.15, -0.1) is 0 Å². The molecule has 4 rings (SSSR count). The third-order valence-electron chi connectivity index (χ3n) is 5.91. The van der Waals surface area contributed by atoms with E-state index in [-0.39, 0.29) is 27.9 Å². The molecule has 3 aromatic carbocycles. The molecule has 1 N–H and O–H groups in total. The second kappa shape index (κ2) is 12.3. The Kier molecular flexibility index (Phi) is 8.90. The number of nitrogens with zero attached hydrogens (tertiary/aromatic N) is 4. The minimum absolute atomic E-state index is 0.0137. The number of carbonyl (C=O) groups excluding carboxylic acids is 1. The van der Waals surface area contributed by atoms with Gasteiger partial charge < -0.3 is 10.1 Å². The third-order valence-corrected chi connectivity index (χ3v) is 6.63. The molecule has 1 aromatic heterocycles. The van der Waals surface area contributed by atoms with Gasteiger partial charge in [0.15, 0.2) is 6.61 Å². The summed E-state index contributed by atoms with van der Waals surface area (Å²) in [5.74, 6) is -1.27. The highest BCUT2D eigenvalue weighted by Gasteiger charge is 2.22. The number of ether oxygens (including phenoxy) is 1. The summed E-state index contributed by atoms with van der Waals surface area (Å²) < 4.78 is 20.8. The van der Waals surface area contributed by atoms with Crippen LogP contribution in [0.3, 0.4) is 0 Å². The SMILES string of the molecule is CC[C@H](C)c1nc2ccc(Br)cc2c(=O)n1N=Cc1cc(Cl)cc([N+](=O)[O-])c1OCC(=O)Nc1cccc(F)c1. The second-order valence-corrected chi connectivity index (χ2v) is 10.1. The Labute approximate surface area is 240 Å². The highest BCUT2D eigenvalue weighted by molar-refractivity contribution is 9.10. The molecule has 4 aromatic rings. The van der Waals surface area contributed by atoms with E-state index < -0.39 is 34.5 Å². The van der Waals surface area contributed by atoms with Crippen molar-refractivity contribution in [2.24, 2.45) is 5.10 Å². The number of carbonyl (C=O) groups is 1. The van der Waals surface area contributed by atoms with Gasteiger partial charge in [0.2, 0.25) is 5.75 Å². The molecule has 1 heterocycles. The molecule has 0 aliphatic heterocycles. The first kappa shape index (κ1) is 28.8. The van der Waals surface area contributed by atoms with E-state index in [9.17, 15) is 24.1 Å². The molecule has 13 heteroatoms. The molecule has 40 heavy (non-hydrogen) atoms. The lowest BCUT2D eigenvalue weighted by molar-refractivity contribution is -0.385. The summed E-state index contributed by atoms with van der Waals surface area (Å²) in [5.41, 5.74) is -0.210. The molecular formula is C27H22BrClFN5O5. The van der Waals surface area contributed by atoms with Gasteiger partial charge >= 0.3 is 5.69 Å². The van der Waals surface area contributed by atoms with Crippen molar-refractivity contribution < 1.29 is 18.8 Å². The molecule has 0 spiro atoms. The molecule has 0 unspecified atom stereocenters. The maximum absolute atomic E-state index is 13.4. The quantitative estimate of drug-likeness (QED) is 0.132. The van der Waals surface area contributed by atoms with E-state index >= 15 is 0 Å². The summed E-state index contributed by atoms with van der Waals surface area (Å²) in [4.78, 5) is 41.6. The molecule has 206 valence electrons. The van der Waals surface area contributed by atoms with Gasteiger partial charge in [-0.3, -0.25) is 19.7 Å². The molecule has 0 radical (unpaired) electrons. The van der Waals surface area contributed by atoms with Crippen molar-refractivity contribution >= 4 is 61.9 Å². The minimum atomic E-state index is -0.713. The van der Waals surface area contributed by atoms with Gasteiger partial charge in [-0.25, -0.2) is 9.37 Å². The number of nitro benzene ring substituents is 1. The van der Waals surface area contributed by atoms with Crippen LogP contribution in [-0.4, -0.2) is 33.3 Å². The van der Waals surface area contributed by atoms with Crippen LogP contribution in [0.2, 0.25) is 5.02 Å². The number of aromatic nitrogens is 2. The Balaban J connectivity index is 1.74.